The molecule has 3 fully saturated rings. The molecule has 162 valence electrons. The maximum Gasteiger partial charge on any atom is 0.263 e. The number of carbonyl (C=O) groups excluding carboxylic acids is 2. The molecule has 0 saturated carbocycles. The lowest BCUT2D eigenvalue weighted by Gasteiger charge is -2.44. The van der Waals surface area contributed by atoms with Crippen LogP contribution in [0.25, 0.3) is 0 Å². The molecule has 4 rings (SSSR count). The Morgan fingerprint density at radius 2 is 2.00 bits per heavy atom. The summed E-state index contributed by atoms with van der Waals surface area (Å²) >= 11 is 0. The molecule has 1 aromatic rings. The minimum Gasteiger partial charge on any atom is -0.354 e. The number of nitrogens with one attached hydrogen (secondary N) is 2. The molecule has 0 aliphatic carbocycles. The predicted octanol–water partition coefficient (Wildman–Crippen LogP) is 1.19. The van der Waals surface area contributed by atoms with E-state index in [2.05, 4.69) is 15.8 Å². The second-order valence-corrected chi connectivity index (χ2v) is 8.41. The number of carbonyl (C=O) groups is 2. The molecule has 8 nitrogen and oxygen atoms in total. The van der Waals surface area contributed by atoms with E-state index < -0.39 is 17.9 Å². The summed E-state index contributed by atoms with van der Waals surface area (Å²) in [6, 6.07) is 1.16. The highest BCUT2D eigenvalue weighted by Gasteiger charge is 2.48. The first-order valence-electron chi connectivity index (χ1n) is 10.5. The number of halogens is 2. The van der Waals surface area contributed by atoms with Gasteiger partial charge in [0.25, 0.3) is 5.92 Å². The van der Waals surface area contributed by atoms with E-state index in [1.54, 1.807) is 11.0 Å². The minimum absolute atomic E-state index is 0.0239. The van der Waals surface area contributed by atoms with Crippen LogP contribution in [0.15, 0.2) is 10.6 Å². The second-order valence-electron chi connectivity index (χ2n) is 8.41. The molecule has 0 bridgehead atoms. The summed E-state index contributed by atoms with van der Waals surface area (Å²) in [5, 5.41) is 9.30. The normalized spacial score (nSPS) is 28.4. The van der Waals surface area contributed by atoms with Crippen molar-refractivity contribution in [3.63, 3.8) is 0 Å². The van der Waals surface area contributed by atoms with Crippen LogP contribution in [-0.2, 0) is 9.59 Å². The third-order valence-corrected chi connectivity index (χ3v) is 6.48. The molecule has 3 aliphatic rings. The largest absolute Gasteiger partial charge is 0.354 e. The van der Waals surface area contributed by atoms with Crippen molar-refractivity contribution in [3.05, 3.63) is 6.07 Å². The van der Waals surface area contributed by atoms with E-state index in [9.17, 15) is 18.4 Å². The van der Waals surface area contributed by atoms with E-state index in [-0.39, 0.29) is 37.1 Å². The van der Waals surface area contributed by atoms with Gasteiger partial charge in [-0.25, -0.2) is 8.78 Å². The number of alkyl halides is 2. The van der Waals surface area contributed by atoms with Crippen LogP contribution in [0.4, 0.5) is 20.5 Å². The molecule has 2 radical (unpaired) electrons. The lowest BCUT2D eigenvalue weighted by molar-refractivity contribution is -0.133. The summed E-state index contributed by atoms with van der Waals surface area (Å²) in [4.78, 5) is 26.7. The van der Waals surface area contributed by atoms with E-state index in [0.29, 0.717) is 57.0 Å². The van der Waals surface area contributed by atoms with Crippen molar-refractivity contribution in [2.75, 3.05) is 42.8 Å². The predicted molar refractivity (Wildman–Crippen MR) is 106 cm³/mol. The van der Waals surface area contributed by atoms with Gasteiger partial charge in [0, 0.05) is 31.5 Å². The summed E-state index contributed by atoms with van der Waals surface area (Å²) in [6.45, 7) is 1.62. The zero-order valence-electron chi connectivity index (χ0n) is 16.8. The maximum absolute atomic E-state index is 14.6. The van der Waals surface area contributed by atoms with Gasteiger partial charge >= 0.3 is 0 Å². The number of hydrogen-bond acceptors (Lipinski definition) is 7. The van der Waals surface area contributed by atoms with Crippen LogP contribution in [0.1, 0.15) is 32.1 Å². The molecule has 0 spiro atoms. The molecule has 2 unspecified atom stereocenters. The summed E-state index contributed by atoms with van der Waals surface area (Å²) in [7, 11) is 5.53. The van der Waals surface area contributed by atoms with Gasteiger partial charge in [-0.2, -0.15) is 0 Å². The number of amides is 2. The zero-order chi connectivity index (χ0) is 21.3. The number of hydrogen-bond donors (Lipinski definition) is 2. The Balaban J connectivity index is 1.31. The van der Waals surface area contributed by atoms with Gasteiger partial charge in [0.15, 0.2) is 5.82 Å². The summed E-state index contributed by atoms with van der Waals surface area (Å²) < 4.78 is 34.5. The fourth-order valence-electron chi connectivity index (χ4n) is 4.78. The van der Waals surface area contributed by atoms with E-state index in [1.807, 2.05) is 4.90 Å². The molecule has 2 amide bonds. The van der Waals surface area contributed by atoms with Gasteiger partial charge in [-0.15, -0.1) is 0 Å². The number of piperidine rings is 3. The van der Waals surface area contributed by atoms with Gasteiger partial charge in [-0.05, 0) is 44.6 Å². The maximum atomic E-state index is 14.6. The van der Waals surface area contributed by atoms with Crippen molar-refractivity contribution in [2.24, 2.45) is 11.8 Å². The SMILES string of the molecule is [B]CN1CCC(C2CCN(c3cc(NC4CCC(=O)NC4=O)on3)CC2)C(F)(F)C1. The van der Waals surface area contributed by atoms with Crippen LogP contribution >= 0.6 is 0 Å². The van der Waals surface area contributed by atoms with Crippen molar-refractivity contribution in [3.8, 4) is 0 Å². The third-order valence-electron chi connectivity index (χ3n) is 6.48. The van der Waals surface area contributed by atoms with Crippen molar-refractivity contribution in [1.82, 2.24) is 15.4 Å². The molecular weight excluding hydrogens is 395 g/mol. The first-order chi connectivity index (χ1) is 14.4. The fraction of sp³-hybridized carbons (Fsp3) is 0.737. The van der Waals surface area contributed by atoms with Gasteiger partial charge in [0.05, 0.1) is 14.4 Å². The average molecular weight is 421 g/mol. The van der Waals surface area contributed by atoms with Crippen LogP contribution in [0, 0.1) is 11.8 Å². The van der Waals surface area contributed by atoms with Crippen LogP contribution in [-0.4, -0.2) is 74.3 Å². The smallest absolute Gasteiger partial charge is 0.263 e. The number of anilines is 2. The second kappa shape index (κ2) is 8.53. The molecule has 1 aromatic heterocycles. The van der Waals surface area contributed by atoms with Crippen molar-refractivity contribution in [1.29, 1.82) is 0 Å². The summed E-state index contributed by atoms with van der Waals surface area (Å²) in [5.74, 6) is -3.04. The number of nitrogens with zero attached hydrogens (tertiary/aromatic N) is 3. The van der Waals surface area contributed by atoms with E-state index in [4.69, 9.17) is 12.4 Å². The molecular formula is C19H26BF2N5O3. The zero-order valence-corrected chi connectivity index (χ0v) is 16.8. The Hall–Kier alpha value is -2.17. The fourth-order valence-corrected chi connectivity index (χ4v) is 4.78. The van der Waals surface area contributed by atoms with E-state index in [0.717, 1.165) is 0 Å². The number of rotatable bonds is 5. The Bertz CT molecular complexity index is 784. The van der Waals surface area contributed by atoms with Gasteiger partial charge in [-0.1, -0.05) is 5.16 Å². The van der Waals surface area contributed by atoms with Gasteiger partial charge < -0.3 is 19.6 Å². The van der Waals surface area contributed by atoms with Crippen molar-refractivity contribution in [2.45, 2.75) is 44.1 Å². The minimum atomic E-state index is -2.71. The van der Waals surface area contributed by atoms with Crippen molar-refractivity contribution < 1.29 is 22.9 Å². The monoisotopic (exact) mass is 421 g/mol. The van der Waals surface area contributed by atoms with E-state index in [1.165, 1.54) is 0 Å². The van der Waals surface area contributed by atoms with Gasteiger partial charge in [-0.3, -0.25) is 14.9 Å². The standard InChI is InChI=1S/C19H26BF2N5O3/c20-11-26-6-5-13(19(21,22)10-26)12-3-7-27(8-4-12)15-9-17(30-25-15)23-14-1-2-16(28)24-18(14)29/h9,12-14,23H,1-8,10-11H2,(H,24,28,29). The molecule has 2 N–H and O–H groups in total. The summed E-state index contributed by atoms with van der Waals surface area (Å²) in [6.07, 6.45) is 2.65. The third kappa shape index (κ3) is 4.45. The van der Waals surface area contributed by atoms with Crippen molar-refractivity contribution >= 4 is 31.4 Å². The highest BCUT2D eigenvalue weighted by molar-refractivity contribution is 6.08. The highest BCUT2D eigenvalue weighted by Crippen LogP contribution is 2.42. The molecule has 30 heavy (non-hydrogen) atoms. The number of aromatic nitrogens is 1. The first-order valence-corrected chi connectivity index (χ1v) is 10.5. The van der Waals surface area contributed by atoms with Crippen LogP contribution in [0.5, 0.6) is 0 Å². The van der Waals surface area contributed by atoms with Crippen LogP contribution < -0.4 is 15.5 Å². The molecule has 3 aliphatic heterocycles. The van der Waals surface area contributed by atoms with Gasteiger partial charge in [0.2, 0.25) is 17.7 Å². The Morgan fingerprint density at radius 3 is 2.67 bits per heavy atom. The molecule has 3 saturated heterocycles. The Kier molecular flexibility index (Phi) is 5.99. The number of imide groups is 1. The van der Waals surface area contributed by atoms with Crippen LogP contribution in [0.2, 0.25) is 0 Å². The highest BCUT2D eigenvalue weighted by atomic mass is 19.3. The summed E-state index contributed by atoms with van der Waals surface area (Å²) in [5.41, 5.74) is 0. The number of likely N-dealkylation sites (tertiary alicyclic amines) is 1. The lowest BCUT2D eigenvalue weighted by atomic mass is 9.76. The average Bonchev–Trinajstić information content (AvgIpc) is 3.18. The molecule has 4 heterocycles. The topological polar surface area (TPSA) is 90.7 Å². The lowest BCUT2D eigenvalue weighted by Crippen LogP contribution is -2.52. The Labute approximate surface area is 175 Å². The molecule has 2 atom stereocenters. The van der Waals surface area contributed by atoms with Gasteiger partial charge in [0.1, 0.15) is 6.04 Å². The van der Waals surface area contributed by atoms with Crippen LogP contribution in [0.3, 0.4) is 0 Å². The molecule has 11 heteroatoms. The molecule has 0 aromatic carbocycles. The quantitative estimate of drug-likeness (QED) is 0.545. The first kappa shape index (κ1) is 21.1. The van der Waals surface area contributed by atoms with E-state index >= 15 is 0 Å². The Morgan fingerprint density at radius 1 is 1.23 bits per heavy atom.